The molecule has 0 rings (SSSR count). The largest absolute Gasteiger partial charge is 0.153 e. The monoisotopic (exact) mass is 327 g/mol. The Labute approximate surface area is 76.0 Å². The topological polar surface area (TPSA) is 0 Å². The zero-order valence-electron chi connectivity index (χ0n) is 2.87. The van der Waals surface area contributed by atoms with Crippen LogP contribution in [0.5, 0.6) is 0 Å². The fraction of sp³-hybridized carbons (Fsp3) is 0. The van der Waals surface area contributed by atoms with Gasteiger partial charge in [-0.3, -0.25) is 0 Å². The molecule has 0 nitrogen and oxygen atoms in total. The van der Waals surface area contributed by atoms with Crippen LogP contribution in [-0.4, -0.2) is 18.9 Å². The van der Waals surface area contributed by atoms with Crippen LogP contribution in [0.1, 0.15) is 0 Å². The maximum absolute atomic E-state index is 2.19. The average Bonchev–Trinajstić information content (AvgIpc) is 0.918. The van der Waals surface area contributed by atoms with Crippen molar-refractivity contribution in [1.29, 1.82) is 0 Å². The van der Waals surface area contributed by atoms with Crippen LogP contribution < -0.4 is 0 Å². The maximum Gasteiger partial charge on any atom is 0.00791 e. The first-order chi connectivity index (χ1) is 1.41. The Morgan fingerprint density at radius 3 is 1.20 bits per heavy atom. The Morgan fingerprint density at radius 1 is 1.20 bits per heavy atom. The fourth-order valence-electron chi connectivity index (χ4n) is 0. The second kappa shape index (κ2) is 15.8. The molecular weight excluding hydrogens is 324 g/mol. The molecule has 0 aromatic carbocycles. The third-order valence-corrected chi connectivity index (χ3v) is 0. The minimum atomic E-state index is 0. The zero-order valence-corrected chi connectivity index (χ0v) is 9.42. The Bertz CT molecular complexity index is 9.61. The maximum atomic E-state index is 2.19. The van der Waals surface area contributed by atoms with Crippen LogP contribution in [0.15, 0.2) is 0 Å². The molecule has 0 aromatic heterocycles. The Hall–Kier alpha value is 2.84. The zero-order chi connectivity index (χ0) is 2.71. The molecule has 0 aliphatic carbocycles. The van der Waals surface area contributed by atoms with Gasteiger partial charge in [0, 0.05) is 61.3 Å². The van der Waals surface area contributed by atoms with Crippen molar-refractivity contribution in [3.63, 3.8) is 0 Å². The first-order valence-corrected chi connectivity index (χ1v) is 6.21. The van der Waals surface area contributed by atoms with E-state index in [1.165, 1.54) is 0 Å². The van der Waals surface area contributed by atoms with E-state index in [2.05, 4.69) is 42.4 Å². The molecule has 29 valence electrons. The van der Waals surface area contributed by atoms with E-state index in [4.69, 9.17) is 0 Å². The van der Waals surface area contributed by atoms with Crippen molar-refractivity contribution in [2.24, 2.45) is 0 Å². The molecule has 0 fully saturated rings. The Kier molecular flexibility index (Phi) is 49.5. The molecule has 0 aliphatic heterocycles. The van der Waals surface area contributed by atoms with E-state index in [9.17, 15) is 0 Å². The van der Waals surface area contributed by atoms with Crippen LogP contribution in [0.2, 0.25) is 0 Å². The number of halogens is 2. The summed E-state index contributed by atoms with van der Waals surface area (Å²) in [6, 6.07) is 0. The normalized spacial score (nSPS) is 3.60. The van der Waals surface area contributed by atoms with Crippen molar-refractivity contribution >= 4 is 77.3 Å². The first-order valence-electron chi connectivity index (χ1n) is 0.309. The molecular formula is H3I2LiPS. The summed E-state index contributed by atoms with van der Waals surface area (Å²) >= 11 is 4.38. The number of hydrogen-bond donors (Lipinski definition) is 0. The molecule has 1 radical (unpaired) electrons. The van der Waals surface area contributed by atoms with Crippen LogP contribution in [-0.2, 0) is 0 Å². The van der Waals surface area contributed by atoms with Crippen molar-refractivity contribution in [2.45, 2.75) is 0 Å². The van der Waals surface area contributed by atoms with Crippen LogP contribution in [0.25, 0.3) is 0 Å². The van der Waals surface area contributed by atoms with E-state index in [0.29, 0.717) is 0 Å². The van der Waals surface area contributed by atoms with Gasteiger partial charge in [-0.15, -0.1) is 0 Å². The molecule has 0 spiro atoms. The summed E-state index contributed by atoms with van der Waals surface area (Å²) in [5.41, 5.74) is 0. The van der Waals surface area contributed by atoms with Crippen molar-refractivity contribution in [1.82, 2.24) is 0 Å². The minimum Gasteiger partial charge on any atom is -0.153 e. The summed E-state index contributed by atoms with van der Waals surface area (Å²) in [4.78, 5) is 0. The predicted octanol–water partition coefficient (Wildman–Crippen LogP) is 2.10. The second-order valence-corrected chi connectivity index (χ2v) is 7.87. The van der Waals surface area contributed by atoms with Gasteiger partial charge in [-0.2, -0.15) is 9.90 Å². The molecule has 0 amide bonds. The standard InChI is InChI=1S/I2S.Li.H3P/c1-3-2;;/h;;1H3. The Morgan fingerprint density at radius 2 is 1.20 bits per heavy atom. The summed E-state index contributed by atoms with van der Waals surface area (Å²) in [6.07, 6.45) is 1.69. The van der Waals surface area contributed by atoms with Gasteiger partial charge < -0.3 is 0 Å². The third kappa shape index (κ3) is 19.9. The SMILES string of the molecule is ISI.P.[Li]. The molecule has 0 saturated heterocycles. The summed E-state index contributed by atoms with van der Waals surface area (Å²) in [7, 11) is 0. The second-order valence-electron chi connectivity index (χ2n) is 0.0583. The molecule has 0 N–H and O–H groups in total. The van der Waals surface area contributed by atoms with Gasteiger partial charge in [0.15, 0.2) is 0 Å². The Balaban J connectivity index is -0.0000000200. The first kappa shape index (κ1) is 15.7. The van der Waals surface area contributed by atoms with Crippen molar-refractivity contribution in [3.8, 4) is 0 Å². The van der Waals surface area contributed by atoms with Crippen LogP contribution in [0.3, 0.4) is 0 Å². The van der Waals surface area contributed by atoms with Crippen molar-refractivity contribution in [2.75, 3.05) is 0 Å². The summed E-state index contributed by atoms with van der Waals surface area (Å²) in [5.74, 6) is 0. The van der Waals surface area contributed by atoms with Gasteiger partial charge >= 0.3 is 0 Å². The van der Waals surface area contributed by atoms with E-state index in [1.807, 2.05) is 0 Å². The van der Waals surface area contributed by atoms with E-state index in [1.54, 1.807) is 6.10 Å². The van der Waals surface area contributed by atoms with Gasteiger partial charge in [0.05, 0.1) is 0 Å². The summed E-state index contributed by atoms with van der Waals surface area (Å²) < 4.78 is 0. The molecule has 0 aromatic rings. The molecule has 0 bridgehead atoms. The van der Waals surface area contributed by atoms with Crippen LogP contribution in [0.4, 0.5) is 0 Å². The van der Waals surface area contributed by atoms with Gasteiger partial charge in [0.2, 0.25) is 0 Å². The van der Waals surface area contributed by atoms with Gasteiger partial charge in [-0.1, -0.05) is 0 Å². The predicted molar refractivity (Wildman–Crippen MR) is 52.5 cm³/mol. The van der Waals surface area contributed by atoms with E-state index >= 15 is 0 Å². The quantitative estimate of drug-likeness (QED) is 0.373. The van der Waals surface area contributed by atoms with Crippen LogP contribution in [0, 0.1) is 0 Å². The van der Waals surface area contributed by atoms with Crippen LogP contribution >= 0.6 is 58.4 Å². The minimum absolute atomic E-state index is 0. The molecule has 0 aliphatic rings. The smallest absolute Gasteiger partial charge is 0.00791 e. The molecule has 5 heteroatoms. The summed E-state index contributed by atoms with van der Waals surface area (Å²) in [6.45, 7) is 0. The molecule has 1 unspecified atom stereocenters. The molecule has 0 saturated carbocycles. The number of rotatable bonds is 0. The van der Waals surface area contributed by atoms with E-state index in [-0.39, 0.29) is 28.8 Å². The fourth-order valence-corrected chi connectivity index (χ4v) is 0. The van der Waals surface area contributed by atoms with Crippen molar-refractivity contribution < 1.29 is 0 Å². The average molecular weight is 327 g/mol. The molecule has 1 atom stereocenters. The van der Waals surface area contributed by atoms with Gasteiger partial charge in [-0.25, -0.2) is 0 Å². The van der Waals surface area contributed by atoms with Crippen molar-refractivity contribution in [3.05, 3.63) is 0 Å². The third-order valence-electron chi connectivity index (χ3n) is 0. The van der Waals surface area contributed by atoms with Gasteiger partial charge in [-0.05, 0) is 6.10 Å². The molecule has 5 heavy (non-hydrogen) atoms. The number of hydrogen-bond acceptors (Lipinski definition) is 1. The van der Waals surface area contributed by atoms with E-state index in [0.717, 1.165) is 0 Å². The molecule has 0 heterocycles. The van der Waals surface area contributed by atoms with E-state index < -0.39 is 0 Å². The van der Waals surface area contributed by atoms with Gasteiger partial charge in [0.1, 0.15) is 0 Å². The van der Waals surface area contributed by atoms with Gasteiger partial charge in [0.25, 0.3) is 0 Å². The summed E-state index contributed by atoms with van der Waals surface area (Å²) in [5, 5.41) is 0.